The second-order valence-corrected chi connectivity index (χ2v) is 8.32. The maximum atomic E-state index is 12.5. The number of rotatable bonds is 8. The highest BCUT2D eigenvalue weighted by molar-refractivity contribution is 8.26. The Labute approximate surface area is 184 Å². The molecule has 0 unspecified atom stereocenters. The molecular weight excluding hydrogens is 422 g/mol. The summed E-state index contributed by atoms with van der Waals surface area (Å²) in [6, 6.07) is 13.5. The second kappa shape index (κ2) is 9.77. The van der Waals surface area contributed by atoms with Gasteiger partial charge in [0.2, 0.25) is 0 Å². The van der Waals surface area contributed by atoms with E-state index in [1.165, 1.54) is 10.5 Å². The minimum Gasteiger partial charge on any atom is -0.550 e. The molecule has 156 valence electrons. The molecule has 1 aliphatic heterocycles. The van der Waals surface area contributed by atoms with E-state index >= 15 is 0 Å². The number of thioether (sulfide) groups is 1. The van der Waals surface area contributed by atoms with Crippen molar-refractivity contribution in [3.63, 3.8) is 0 Å². The van der Waals surface area contributed by atoms with Gasteiger partial charge in [0.05, 0.1) is 12.0 Å². The van der Waals surface area contributed by atoms with Gasteiger partial charge in [0.15, 0.2) is 11.5 Å². The molecule has 0 atom stereocenters. The van der Waals surface area contributed by atoms with E-state index in [9.17, 15) is 14.7 Å². The maximum Gasteiger partial charge on any atom is 0.266 e. The number of amides is 1. The Kier molecular flexibility index (Phi) is 7.12. The molecule has 0 radical (unpaired) electrons. The third-order valence-corrected chi connectivity index (χ3v) is 5.79. The smallest absolute Gasteiger partial charge is 0.266 e. The first-order valence-electron chi connectivity index (χ1n) is 9.19. The lowest BCUT2D eigenvalue weighted by Gasteiger charge is -2.14. The van der Waals surface area contributed by atoms with Gasteiger partial charge in [0.25, 0.3) is 5.91 Å². The van der Waals surface area contributed by atoms with Crippen LogP contribution in [0.3, 0.4) is 0 Å². The number of benzene rings is 2. The third kappa shape index (κ3) is 5.40. The predicted octanol–water partition coefficient (Wildman–Crippen LogP) is 2.92. The van der Waals surface area contributed by atoms with Crippen LogP contribution in [0.15, 0.2) is 47.4 Å². The van der Waals surface area contributed by atoms with E-state index in [0.29, 0.717) is 27.3 Å². The van der Waals surface area contributed by atoms with Crippen LogP contribution in [0.4, 0.5) is 0 Å². The van der Waals surface area contributed by atoms with Gasteiger partial charge in [-0.1, -0.05) is 59.9 Å². The van der Waals surface area contributed by atoms with Crippen LogP contribution in [0.25, 0.3) is 6.08 Å². The van der Waals surface area contributed by atoms with Gasteiger partial charge in [0.1, 0.15) is 10.9 Å². The number of nitrogens with zero attached hydrogens (tertiary/aromatic N) is 1. The van der Waals surface area contributed by atoms with E-state index < -0.39 is 5.97 Å². The first-order chi connectivity index (χ1) is 14.4. The molecule has 30 heavy (non-hydrogen) atoms. The number of hydrogen-bond donors (Lipinski definition) is 0. The van der Waals surface area contributed by atoms with Crippen molar-refractivity contribution in [2.75, 3.05) is 13.7 Å². The summed E-state index contributed by atoms with van der Waals surface area (Å²) < 4.78 is 11.6. The van der Waals surface area contributed by atoms with Crippen LogP contribution < -0.4 is 14.6 Å². The molecule has 0 aliphatic carbocycles. The number of thiocarbonyl (C=S) groups is 1. The van der Waals surface area contributed by atoms with Gasteiger partial charge in [-0.25, -0.2) is 0 Å². The highest BCUT2D eigenvalue weighted by atomic mass is 32.2. The summed E-state index contributed by atoms with van der Waals surface area (Å²) >= 11 is 6.33. The molecule has 8 heteroatoms. The number of carbonyl (C=O) groups excluding carboxylic acids is 2. The van der Waals surface area contributed by atoms with Gasteiger partial charge in [-0.15, -0.1) is 0 Å². The molecule has 3 rings (SSSR count). The van der Waals surface area contributed by atoms with Crippen LogP contribution in [-0.4, -0.2) is 34.8 Å². The van der Waals surface area contributed by atoms with E-state index in [1.807, 2.05) is 37.3 Å². The summed E-state index contributed by atoms with van der Waals surface area (Å²) in [5, 5.41) is 10.7. The van der Waals surface area contributed by atoms with Crippen LogP contribution in [0.2, 0.25) is 0 Å². The van der Waals surface area contributed by atoms with Crippen molar-refractivity contribution >= 4 is 46.3 Å². The Balaban J connectivity index is 1.72. The number of carboxylic acid groups (broad SMARTS) is 1. The summed E-state index contributed by atoms with van der Waals surface area (Å²) in [5.41, 5.74) is 2.98. The van der Waals surface area contributed by atoms with E-state index in [1.54, 1.807) is 25.3 Å². The zero-order valence-corrected chi connectivity index (χ0v) is 18.2. The van der Waals surface area contributed by atoms with Gasteiger partial charge in [-0.3, -0.25) is 9.69 Å². The zero-order chi connectivity index (χ0) is 21.7. The zero-order valence-electron chi connectivity index (χ0n) is 16.5. The predicted molar refractivity (Wildman–Crippen MR) is 118 cm³/mol. The molecule has 1 amide bonds. The molecule has 1 fully saturated rings. The van der Waals surface area contributed by atoms with Crippen LogP contribution in [0.5, 0.6) is 11.5 Å². The van der Waals surface area contributed by atoms with E-state index in [2.05, 4.69) is 0 Å². The van der Waals surface area contributed by atoms with Gasteiger partial charge in [-0.2, -0.15) is 0 Å². The highest BCUT2D eigenvalue weighted by Gasteiger charge is 2.31. The summed E-state index contributed by atoms with van der Waals surface area (Å²) in [7, 11) is 1.55. The van der Waals surface area contributed by atoms with Crippen molar-refractivity contribution in [3.8, 4) is 11.5 Å². The summed E-state index contributed by atoms with van der Waals surface area (Å²) in [6.45, 7) is 2.44. The number of carbonyl (C=O) groups is 2. The van der Waals surface area contributed by atoms with E-state index in [4.69, 9.17) is 21.7 Å². The van der Waals surface area contributed by atoms with Crippen molar-refractivity contribution in [1.82, 2.24) is 4.90 Å². The molecule has 1 saturated heterocycles. The van der Waals surface area contributed by atoms with Crippen LogP contribution in [-0.2, 0) is 16.2 Å². The number of methoxy groups -OCH3 is 1. The van der Waals surface area contributed by atoms with Gasteiger partial charge >= 0.3 is 0 Å². The van der Waals surface area contributed by atoms with Gasteiger partial charge in [0, 0.05) is 18.9 Å². The Bertz CT molecular complexity index is 1000. The molecule has 0 spiro atoms. The number of hydrogen-bond acceptors (Lipinski definition) is 7. The first kappa shape index (κ1) is 21.9. The standard InChI is InChI=1S/C22H21NO5S2/c1-14-3-5-15(6-4-14)13-28-17-8-7-16(11-18(17)27-2)12-19-21(26)23(22(29)30-19)10-9-20(24)25/h3-8,11-12H,9-10,13H2,1-2H3,(H,24,25)/p-1. The fraction of sp³-hybridized carbons (Fsp3) is 0.227. The molecular formula is C22H20NO5S2-. The van der Waals surface area contributed by atoms with Crippen molar-refractivity contribution < 1.29 is 24.2 Å². The molecule has 2 aromatic rings. The van der Waals surface area contributed by atoms with Crippen molar-refractivity contribution in [1.29, 1.82) is 0 Å². The Morgan fingerprint density at radius 1 is 1.20 bits per heavy atom. The maximum absolute atomic E-state index is 12.5. The van der Waals surface area contributed by atoms with E-state index in [-0.39, 0.29) is 18.9 Å². The lowest BCUT2D eigenvalue weighted by Crippen LogP contribution is -2.33. The first-order valence-corrected chi connectivity index (χ1v) is 10.4. The molecule has 0 bridgehead atoms. The van der Waals surface area contributed by atoms with Crippen molar-refractivity contribution in [3.05, 3.63) is 64.1 Å². The van der Waals surface area contributed by atoms with E-state index in [0.717, 1.165) is 22.9 Å². The largest absolute Gasteiger partial charge is 0.550 e. The lowest BCUT2D eigenvalue weighted by atomic mass is 10.1. The molecule has 6 nitrogen and oxygen atoms in total. The fourth-order valence-electron chi connectivity index (χ4n) is 2.79. The van der Waals surface area contributed by atoms with Gasteiger partial charge in [-0.05, 0) is 36.3 Å². The summed E-state index contributed by atoms with van der Waals surface area (Å²) in [4.78, 5) is 24.9. The quantitative estimate of drug-likeness (QED) is 0.459. The molecule has 2 aromatic carbocycles. The SMILES string of the molecule is COc1cc(C=C2SC(=S)N(CCC(=O)[O-])C2=O)ccc1OCc1ccc(C)cc1. The fourth-order valence-corrected chi connectivity index (χ4v) is 4.09. The minimum atomic E-state index is -1.22. The lowest BCUT2D eigenvalue weighted by molar-refractivity contribution is -0.305. The molecule has 0 saturated carbocycles. The monoisotopic (exact) mass is 442 g/mol. The van der Waals surface area contributed by atoms with Crippen LogP contribution in [0, 0.1) is 6.92 Å². The van der Waals surface area contributed by atoms with Crippen molar-refractivity contribution in [2.45, 2.75) is 20.0 Å². The summed E-state index contributed by atoms with van der Waals surface area (Å²) in [6.07, 6.45) is 1.44. The number of aryl methyl sites for hydroxylation is 1. The Morgan fingerprint density at radius 3 is 2.60 bits per heavy atom. The molecule has 1 heterocycles. The van der Waals surface area contributed by atoms with Crippen LogP contribution >= 0.6 is 24.0 Å². The van der Waals surface area contributed by atoms with Gasteiger partial charge < -0.3 is 19.4 Å². The second-order valence-electron chi connectivity index (χ2n) is 6.64. The topological polar surface area (TPSA) is 78.9 Å². The highest BCUT2D eigenvalue weighted by Crippen LogP contribution is 2.35. The molecule has 0 aromatic heterocycles. The Morgan fingerprint density at radius 2 is 1.93 bits per heavy atom. The minimum absolute atomic E-state index is 0.000546. The van der Waals surface area contributed by atoms with Crippen molar-refractivity contribution in [2.24, 2.45) is 0 Å². The number of ether oxygens (including phenoxy) is 2. The molecule has 0 N–H and O–H groups in total. The third-order valence-electron chi connectivity index (χ3n) is 4.41. The average molecular weight is 443 g/mol. The number of carboxylic acids is 1. The average Bonchev–Trinajstić information content (AvgIpc) is 2.99. The summed E-state index contributed by atoms with van der Waals surface area (Å²) in [5.74, 6) is -0.399. The van der Waals surface area contributed by atoms with Crippen LogP contribution in [0.1, 0.15) is 23.1 Å². The normalized spacial score (nSPS) is 15.0. The number of aliphatic carboxylic acids is 1. The Hall–Kier alpha value is -2.84. The molecule has 1 aliphatic rings.